The highest BCUT2D eigenvalue weighted by atomic mass is 16.5. The summed E-state index contributed by atoms with van der Waals surface area (Å²) in [4.78, 5) is 31.1. The van der Waals surface area contributed by atoms with Gasteiger partial charge in [-0.05, 0) is 42.9 Å². The van der Waals surface area contributed by atoms with E-state index in [0.717, 1.165) is 41.0 Å². The van der Waals surface area contributed by atoms with Gasteiger partial charge in [0.05, 0.1) is 13.2 Å². The maximum Gasteiger partial charge on any atom is 0.343 e. The first-order valence-corrected chi connectivity index (χ1v) is 14.8. The minimum Gasteiger partial charge on any atom is -0.487 e. The van der Waals surface area contributed by atoms with Gasteiger partial charge in [0, 0.05) is 49.1 Å². The number of benzene rings is 1. The van der Waals surface area contributed by atoms with Crippen LogP contribution in [0.1, 0.15) is 82.0 Å². The number of esters is 1. The first-order valence-electron chi connectivity index (χ1n) is 14.8. The second-order valence-electron chi connectivity index (χ2n) is 11.3. The third-order valence-corrected chi connectivity index (χ3v) is 7.85. The molecule has 1 aromatic carbocycles. The van der Waals surface area contributed by atoms with E-state index in [1.807, 2.05) is 48.6 Å². The average molecular weight is 575 g/mol. The number of ether oxygens (including phenoxy) is 3. The monoisotopic (exact) mass is 574 g/mol. The Kier molecular flexibility index (Phi) is 11.7. The standard InChI is InChI=1S/C35H46N2O5/c1-9-24(4)32(26-18-15-19-30(33(26)36-7)42-22-25-16-13-12-14-17-25)28-20-29(38)27(34(39)41-11-3)21-37(28)31(10-2)35(5,6)23-40-8/h12-21,24,31H,9-11,22-23H2,1-8H3/b32-26+,36-33+. The largest absolute Gasteiger partial charge is 0.487 e. The predicted octanol–water partition coefficient (Wildman–Crippen LogP) is 7.19. The van der Waals surface area contributed by atoms with Crippen molar-refractivity contribution in [2.24, 2.45) is 16.3 Å². The number of hydrogen-bond donors (Lipinski definition) is 0. The molecule has 226 valence electrons. The molecule has 7 heteroatoms. The number of allylic oxidation sites excluding steroid dienone is 5. The Morgan fingerprint density at radius 3 is 2.40 bits per heavy atom. The maximum atomic E-state index is 13.5. The Hall–Kier alpha value is -3.71. The maximum absolute atomic E-state index is 13.5. The summed E-state index contributed by atoms with van der Waals surface area (Å²) in [6.07, 6.45) is 9.20. The van der Waals surface area contributed by atoms with Crippen LogP contribution in [-0.4, -0.2) is 43.6 Å². The van der Waals surface area contributed by atoms with Gasteiger partial charge in [-0.2, -0.15) is 0 Å². The summed E-state index contributed by atoms with van der Waals surface area (Å²) in [6, 6.07) is 11.5. The molecule has 0 saturated carbocycles. The molecular formula is C35H46N2O5. The van der Waals surface area contributed by atoms with Crippen LogP contribution in [0.2, 0.25) is 0 Å². The fraction of sp³-hybridized carbons (Fsp3) is 0.457. The third-order valence-electron chi connectivity index (χ3n) is 7.85. The molecule has 42 heavy (non-hydrogen) atoms. The lowest BCUT2D eigenvalue weighted by molar-refractivity contribution is 0.0515. The van der Waals surface area contributed by atoms with Crippen molar-refractivity contribution in [3.05, 3.63) is 99.2 Å². The number of methoxy groups -OCH3 is 1. The van der Waals surface area contributed by atoms with Gasteiger partial charge in [0.2, 0.25) is 0 Å². The first-order chi connectivity index (χ1) is 20.1. The van der Waals surface area contributed by atoms with Gasteiger partial charge in [-0.15, -0.1) is 0 Å². The molecule has 2 aromatic rings. The third kappa shape index (κ3) is 7.37. The van der Waals surface area contributed by atoms with Gasteiger partial charge in [-0.1, -0.05) is 77.1 Å². The molecule has 0 fully saturated rings. The molecule has 0 spiro atoms. The van der Waals surface area contributed by atoms with Gasteiger partial charge in [-0.25, -0.2) is 4.79 Å². The Balaban J connectivity index is 2.29. The van der Waals surface area contributed by atoms with Crippen molar-refractivity contribution in [2.45, 2.75) is 67.0 Å². The predicted molar refractivity (Wildman–Crippen MR) is 170 cm³/mol. The summed E-state index contributed by atoms with van der Waals surface area (Å²) in [7, 11) is 3.45. The molecule has 1 aliphatic rings. The van der Waals surface area contributed by atoms with Crippen LogP contribution < -0.4 is 5.43 Å². The van der Waals surface area contributed by atoms with Crippen LogP contribution in [0.15, 0.2) is 81.9 Å². The van der Waals surface area contributed by atoms with Crippen molar-refractivity contribution >= 4 is 17.3 Å². The molecule has 1 aromatic heterocycles. The number of hydrogen-bond acceptors (Lipinski definition) is 6. The highest BCUT2D eigenvalue weighted by Crippen LogP contribution is 2.40. The van der Waals surface area contributed by atoms with Crippen molar-refractivity contribution in [3.8, 4) is 0 Å². The van der Waals surface area contributed by atoms with E-state index in [1.165, 1.54) is 0 Å². The number of aromatic nitrogens is 1. The second-order valence-corrected chi connectivity index (χ2v) is 11.3. The normalized spacial score (nSPS) is 17.0. The summed E-state index contributed by atoms with van der Waals surface area (Å²) < 4.78 is 19.3. The van der Waals surface area contributed by atoms with Crippen molar-refractivity contribution in [2.75, 3.05) is 27.4 Å². The molecule has 0 amide bonds. The van der Waals surface area contributed by atoms with Crippen LogP contribution in [0.25, 0.3) is 5.57 Å². The molecule has 7 nitrogen and oxygen atoms in total. The molecular weight excluding hydrogens is 528 g/mol. The zero-order valence-electron chi connectivity index (χ0n) is 26.4. The lowest BCUT2D eigenvalue weighted by atomic mass is 9.81. The number of pyridine rings is 1. The Bertz CT molecular complexity index is 1410. The van der Waals surface area contributed by atoms with E-state index in [1.54, 1.807) is 33.3 Å². The first kappa shape index (κ1) is 32.8. The number of aliphatic imine (C=N–C) groups is 1. The molecule has 1 aliphatic carbocycles. The van der Waals surface area contributed by atoms with Gasteiger partial charge in [0.25, 0.3) is 0 Å². The van der Waals surface area contributed by atoms with Gasteiger partial charge >= 0.3 is 5.97 Å². The van der Waals surface area contributed by atoms with Crippen LogP contribution in [0.5, 0.6) is 0 Å². The van der Waals surface area contributed by atoms with E-state index in [2.05, 4.69) is 44.2 Å². The van der Waals surface area contributed by atoms with E-state index in [-0.39, 0.29) is 35.0 Å². The molecule has 0 saturated heterocycles. The molecule has 3 rings (SSSR count). The van der Waals surface area contributed by atoms with Gasteiger partial charge in [0.1, 0.15) is 23.6 Å². The highest BCUT2D eigenvalue weighted by molar-refractivity contribution is 6.18. The van der Waals surface area contributed by atoms with Gasteiger partial charge in [0.15, 0.2) is 5.43 Å². The number of carbonyl (C=O) groups excluding carboxylic acids is 1. The zero-order chi connectivity index (χ0) is 30.9. The van der Waals surface area contributed by atoms with Crippen LogP contribution in [0.4, 0.5) is 0 Å². The van der Waals surface area contributed by atoms with Crippen LogP contribution in [0, 0.1) is 11.3 Å². The molecule has 1 heterocycles. The second kappa shape index (κ2) is 15.0. The molecule has 2 unspecified atom stereocenters. The SMILES string of the molecule is CCOC(=O)c1cn(C(CC)C(C)(C)COC)c(/C(=C2\C=CC=C(OCc3ccccc3)\C2=N\C)C(C)CC)cc1=O. The fourth-order valence-corrected chi connectivity index (χ4v) is 5.66. The summed E-state index contributed by atoms with van der Waals surface area (Å²) >= 11 is 0. The average Bonchev–Trinajstić information content (AvgIpc) is 2.97. The van der Waals surface area contributed by atoms with E-state index < -0.39 is 5.97 Å². The van der Waals surface area contributed by atoms with E-state index in [4.69, 9.17) is 14.2 Å². The summed E-state index contributed by atoms with van der Waals surface area (Å²) in [5.74, 6) is 0.119. The molecule has 0 aliphatic heterocycles. The topological polar surface area (TPSA) is 79.1 Å². The van der Waals surface area contributed by atoms with E-state index in [0.29, 0.717) is 19.0 Å². The van der Waals surface area contributed by atoms with Crippen molar-refractivity contribution in [3.63, 3.8) is 0 Å². The number of rotatable bonds is 13. The molecule has 0 radical (unpaired) electrons. The van der Waals surface area contributed by atoms with Crippen molar-refractivity contribution < 1.29 is 19.0 Å². The zero-order valence-corrected chi connectivity index (χ0v) is 26.4. The van der Waals surface area contributed by atoms with E-state index in [9.17, 15) is 9.59 Å². The molecule has 0 bridgehead atoms. The molecule has 2 atom stereocenters. The Morgan fingerprint density at radius 2 is 1.81 bits per heavy atom. The minimum absolute atomic E-state index is 0.0242. The number of carbonyl (C=O) groups is 1. The minimum atomic E-state index is -0.618. The van der Waals surface area contributed by atoms with Gasteiger partial charge < -0.3 is 18.8 Å². The van der Waals surface area contributed by atoms with Crippen LogP contribution in [-0.2, 0) is 20.8 Å². The Labute approximate surface area is 250 Å². The summed E-state index contributed by atoms with van der Waals surface area (Å²) in [6.45, 7) is 13.5. The lowest BCUT2D eigenvalue weighted by Crippen LogP contribution is -2.34. The quantitative estimate of drug-likeness (QED) is 0.237. The lowest BCUT2D eigenvalue weighted by Gasteiger charge is -2.38. The van der Waals surface area contributed by atoms with Crippen molar-refractivity contribution in [1.82, 2.24) is 4.57 Å². The highest BCUT2D eigenvalue weighted by Gasteiger charge is 2.34. The summed E-state index contributed by atoms with van der Waals surface area (Å²) in [5.41, 5.74) is 3.76. The van der Waals surface area contributed by atoms with Crippen molar-refractivity contribution in [1.29, 1.82) is 0 Å². The Morgan fingerprint density at radius 1 is 1.10 bits per heavy atom. The van der Waals surface area contributed by atoms with Gasteiger partial charge in [-0.3, -0.25) is 9.79 Å². The number of nitrogens with zero attached hydrogens (tertiary/aromatic N) is 2. The fourth-order valence-electron chi connectivity index (χ4n) is 5.66. The van der Waals surface area contributed by atoms with Crippen LogP contribution in [0.3, 0.4) is 0 Å². The van der Waals surface area contributed by atoms with Crippen LogP contribution >= 0.6 is 0 Å². The van der Waals surface area contributed by atoms with E-state index >= 15 is 0 Å². The summed E-state index contributed by atoms with van der Waals surface area (Å²) in [5, 5.41) is 0. The smallest absolute Gasteiger partial charge is 0.343 e. The molecule has 0 N–H and O–H groups in total.